The van der Waals surface area contributed by atoms with Gasteiger partial charge in [-0.2, -0.15) is 5.10 Å². The molecule has 5 heteroatoms. The standard InChI is InChI=1S/C8H16N4O/c1-4(2)7-10-8(12-11-7)6(9)5(3)13/h4-6,13H,9H2,1-3H3,(H,10,11,12)/t5-,6+/m1/s1. The second-order valence-electron chi connectivity index (χ2n) is 3.50. The van der Waals surface area contributed by atoms with Gasteiger partial charge in [0.2, 0.25) is 0 Å². The third kappa shape index (κ3) is 2.26. The van der Waals surface area contributed by atoms with Crippen LogP contribution in [-0.4, -0.2) is 26.4 Å². The van der Waals surface area contributed by atoms with Crippen molar-refractivity contribution in [3.63, 3.8) is 0 Å². The van der Waals surface area contributed by atoms with Crippen molar-refractivity contribution >= 4 is 0 Å². The van der Waals surface area contributed by atoms with E-state index in [0.29, 0.717) is 5.82 Å². The summed E-state index contributed by atoms with van der Waals surface area (Å²) in [5, 5.41) is 15.9. The first-order valence-electron chi connectivity index (χ1n) is 4.38. The van der Waals surface area contributed by atoms with Gasteiger partial charge in [0.15, 0.2) is 5.82 Å². The van der Waals surface area contributed by atoms with Crippen molar-refractivity contribution in [3.05, 3.63) is 11.6 Å². The van der Waals surface area contributed by atoms with Crippen LogP contribution in [-0.2, 0) is 0 Å². The van der Waals surface area contributed by atoms with Gasteiger partial charge in [-0.15, -0.1) is 0 Å². The third-order valence-corrected chi connectivity index (χ3v) is 1.87. The molecule has 0 aromatic carbocycles. The van der Waals surface area contributed by atoms with Gasteiger partial charge in [0.25, 0.3) is 0 Å². The molecule has 0 amide bonds. The molecule has 2 atom stereocenters. The first kappa shape index (κ1) is 10.1. The Balaban J connectivity index is 2.79. The van der Waals surface area contributed by atoms with E-state index in [-0.39, 0.29) is 5.92 Å². The van der Waals surface area contributed by atoms with Crippen molar-refractivity contribution in [2.24, 2.45) is 5.73 Å². The van der Waals surface area contributed by atoms with Crippen molar-refractivity contribution in [2.45, 2.75) is 38.8 Å². The number of aliphatic hydroxyl groups is 1. The Morgan fingerprint density at radius 2 is 2.00 bits per heavy atom. The topological polar surface area (TPSA) is 87.8 Å². The van der Waals surface area contributed by atoms with Gasteiger partial charge in [-0.1, -0.05) is 13.8 Å². The first-order valence-corrected chi connectivity index (χ1v) is 4.38. The molecule has 0 aliphatic heterocycles. The number of hydrogen-bond acceptors (Lipinski definition) is 4. The SMILES string of the molecule is CC(C)c1n[nH]c([C@@H](N)[C@@H](C)O)n1. The lowest BCUT2D eigenvalue weighted by Gasteiger charge is -2.10. The maximum Gasteiger partial charge on any atom is 0.153 e. The van der Waals surface area contributed by atoms with Crippen LogP contribution in [0.2, 0.25) is 0 Å². The molecule has 0 radical (unpaired) electrons. The highest BCUT2D eigenvalue weighted by atomic mass is 16.3. The average Bonchev–Trinajstić information content (AvgIpc) is 2.50. The van der Waals surface area contributed by atoms with Crippen LogP contribution in [0.15, 0.2) is 0 Å². The quantitative estimate of drug-likeness (QED) is 0.630. The number of rotatable bonds is 3. The second-order valence-corrected chi connectivity index (χ2v) is 3.50. The minimum atomic E-state index is -0.618. The highest BCUT2D eigenvalue weighted by Crippen LogP contribution is 2.13. The number of nitrogens with zero attached hydrogens (tertiary/aromatic N) is 2. The summed E-state index contributed by atoms with van der Waals surface area (Å²) in [7, 11) is 0. The fourth-order valence-electron chi connectivity index (χ4n) is 0.924. The number of nitrogens with two attached hydrogens (primary N) is 1. The van der Waals surface area contributed by atoms with E-state index in [1.807, 2.05) is 13.8 Å². The van der Waals surface area contributed by atoms with Crippen LogP contribution < -0.4 is 5.73 Å². The van der Waals surface area contributed by atoms with E-state index in [9.17, 15) is 5.11 Å². The molecule has 1 heterocycles. The van der Waals surface area contributed by atoms with Crippen molar-refractivity contribution in [1.82, 2.24) is 15.2 Å². The summed E-state index contributed by atoms with van der Waals surface area (Å²) in [5.74, 6) is 1.54. The van der Waals surface area contributed by atoms with Gasteiger partial charge in [0.1, 0.15) is 5.82 Å². The van der Waals surface area contributed by atoms with Crippen LogP contribution in [0.3, 0.4) is 0 Å². The van der Waals surface area contributed by atoms with Crippen molar-refractivity contribution in [3.8, 4) is 0 Å². The first-order chi connectivity index (χ1) is 6.02. The Morgan fingerprint density at radius 1 is 1.38 bits per heavy atom. The summed E-state index contributed by atoms with van der Waals surface area (Å²) >= 11 is 0. The molecule has 0 aliphatic rings. The highest BCUT2D eigenvalue weighted by molar-refractivity contribution is 5.00. The number of nitrogens with one attached hydrogen (secondary N) is 1. The van der Waals surface area contributed by atoms with Crippen LogP contribution in [0.5, 0.6) is 0 Å². The molecule has 1 rings (SSSR count). The summed E-state index contributed by atoms with van der Waals surface area (Å²) < 4.78 is 0. The van der Waals surface area contributed by atoms with Crippen LogP contribution in [0, 0.1) is 0 Å². The number of hydrogen-bond donors (Lipinski definition) is 3. The van der Waals surface area contributed by atoms with E-state index >= 15 is 0 Å². The van der Waals surface area contributed by atoms with Gasteiger partial charge in [0.05, 0.1) is 12.1 Å². The van der Waals surface area contributed by atoms with Gasteiger partial charge < -0.3 is 10.8 Å². The normalized spacial score (nSPS) is 16.2. The molecule has 0 bridgehead atoms. The van der Waals surface area contributed by atoms with E-state index < -0.39 is 12.1 Å². The van der Waals surface area contributed by atoms with Crippen LogP contribution in [0.4, 0.5) is 0 Å². The summed E-state index contributed by atoms with van der Waals surface area (Å²) in [6.07, 6.45) is -0.618. The Labute approximate surface area is 77.4 Å². The Hall–Kier alpha value is -0.940. The minimum Gasteiger partial charge on any atom is -0.391 e. The molecular formula is C8H16N4O. The number of H-pyrrole nitrogens is 1. The molecule has 4 N–H and O–H groups in total. The average molecular weight is 184 g/mol. The molecule has 0 saturated heterocycles. The molecule has 0 spiro atoms. The molecule has 0 unspecified atom stereocenters. The fourth-order valence-corrected chi connectivity index (χ4v) is 0.924. The molecule has 1 aromatic heterocycles. The smallest absolute Gasteiger partial charge is 0.153 e. The van der Waals surface area contributed by atoms with Crippen LogP contribution in [0.1, 0.15) is 44.4 Å². The molecule has 74 valence electrons. The second kappa shape index (κ2) is 3.85. The molecule has 0 fully saturated rings. The van der Waals surface area contributed by atoms with E-state index in [0.717, 1.165) is 5.82 Å². The van der Waals surface area contributed by atoms with Crippen molar-refractivity contribution < 1.29 is 5.11 Å². The number of aliphatic hydroxyl groups excluding tert-OH is 1. The molecule has 0 aliphatic carbocycles. The maximum atomic E-state index is 9.21. The van der Waals surface area contributed by atoms with Crippen molar-refractivity contribution in [2.75, 3.05) is 0 Å². The van der Waals surface area contributed by atoms with Gasteiger partial charge in [0, 0.05) is 5.92 Å². The van der Waals surface area contributed by atoms with E-state index in [1.165, 1.54) is 0 Å². The Bertz CT molecular complexity index is 269. The number of aromatic amines is 1. The Morgan fingerprint density at radius 3 is 2.38 bits per heavy atom. The van der Waals surface area contributed by atoms with Gasteiger partial charge in [-0.3, -0.25) is 5.10 Å². The van der Waals surface area contributed by atoms with Gasteiger partial charge in [-0.05, 0) is 6.92 Å². The highest BCUT2D eigenvalue weighted by Gasteiger charge is 2.17. The fraction of sp³-hybridized carbons (Fsp3) is 0.750. The minimum absolute atomic E-state index is 0.270. The van der Waals surface area contributed by atoms with Gasteiger partial charge >= 0.3 is 0 Å². The van der Waals surface area contributed by atoms with Crippen LogP contribution >= 0.6 is 0 Å². The molecule has 5 nitrogen and oxygen atoms in total. The van der Waals surface area contributed by atoms with E-state index in [4.69, 9.17) is 5.73 Å². The maximum absolute atomic E-state index is 9.21. The summed E-state index contributed by atoms with van der Waals surface area (Å²) in [4.78, 5) is 4.18. The zero-order valence-electron chi connectivity index (χ0n) is 8.15. The Kier molecular flexibility index (Phi) is 3.00. The lowest BCUT2D eigenvalue weighted by Crippen LogP contribution is -2.24. The molecule has 0 saturated carbocycles. The summed E-state index contributed by atoms with van der Waals surface area (Å²) in [6.45, 7) is 5.63. The predicted octanol–water partition coefficient (Wildman–Crippen LogP) is 0.309. The monoisotopic (exact) mass is 184 g/mol. The lowest BCUT2D eigenvalue weighted by atomic mass is 10.2. The van der Waals surface area contributed by atoms with Crippen LogP contribution in [0.25, 0.3) is 0 Å². The summed E-state index contributed by atoms with van der Waals surface area (Å²) in [6, 6.07) is -0.486. The van der Waals surface area contributed by atoms with E-state index in [2.05, 4.69) is 15.2 Å². The molecular weight excluding hydrogens is 168 g/mol. The van der Waals surface area contributed by atoms with Gasteiger partial charge in [-0.25, -0.2) is 4.98 Å². The third-order valence-electron chi connectivity index (χ3n) is 1.87. The van der Waals surface area contributed by atoms with Crippen molar-refractivity contribution in [1.29, 1.82) is 0 Å². The zero-order valence-corrected chi connectivity index (χ0v) is 8.15. The molecule has 1 aromatic rings. The lowest BCUT2D eigenvalue weighted by molar-refractivity contribution is 0.160. The summed E-state index contributed by atoms with van der Waals surface area (Å²) in [5.41, 5.74) is 5.67. The largest absolute Gasteiger partial charge is 0.391 e. The predicted molar refractivity (Wildman–Crippen MR) is 49.1 cm³/mol. The zero-order chi connectivity index (χ0) is 10.0. The van der Waals surface area contributed by atoms with E-state index in [1.54, 1.807) is 6.92 Å². The number of aromatic nitrogens is 3. The molecule has 13 heavy (non-hydrogen) atoms.